The predicted molar refractivity (Wildman–Crippen MR) is 92.1 cm³/mol. The highest BCUT2D eigenvalue weighted by Crippen LogP contribution is 2.35. The van der Waals surface area contributed by atoms with Crippen molar-refractivity contribution in [2.24, 2.45) is 5.73 Å². The van der Waals surface area contributed by atoms with Crippen molar-refractivity contribution in [3.05, 3.63) is 29.8 Å². The molecule has 12 heteroatoms. The van der Waals surface area contributed by atoms with Crippen molar-refractivity contribution in [3.63, 3.8) is 0 Å². The Labute approximate surface area is 160 Å². The average molecular weight is 413 g/mol. The lowest BCUT2D eigenvalue weighted by molar-refractivity contribution is -0.132. The molecule has 0 aliphatic carbocycles. The summed E-state index contributed by atoms with van der Waals surface area (Å²) in [6.45, 7) is -0.847. The van der Waals surface area contributed by atoms with Crippen LogP contribution < -0.4 is 11.1 Å². The number of imide groups is 1. The van der Waals surface area contributed by atoms with Crippen LogP contribution in [0.2, 0.25) is 0 Å². The lowest BCUT2D eigenvalue weighted by atomic mass is 10.2. The van der Waals surface area contributed by atoms with Crippen LogP contribution in [-0.4, -0.2) is 56.8 Å². The monoisotopic (exact) mass is 413 g/mol. The van der Waals surface area contributed by atoms with Gasteiger partial charge < -0.3 is 15.2 Å². The van der Waals surface area contributed by atoms with Gasteiger partial charge in [-0.15, -0.1) is 0 Å². The Kier molecular flexibility index (Phi) is 5.54. The molecule has 4 rings (SSSR count). The Morgan fingerprint density at radius 3 is 2.68 bits per heavy atom. The molecule has 3 aliphatic heterocycles. The first-order chi connectivity index (χ1) is 13.2. The van der Waals surface area contributed by atoms with Gasteiger partial charge in [0, 0.05) is 13.0 Å². The molecule has 3 aliphatic rings. The Morgan fingerprint density at radius 2 is 2.00 bits per heavy atom. The van der Waals surface area contributed by atoms with Gasteiger partial charge in [0.1, 0.15) is 13.2 Å². The van der Waals surface area contributed by atoms with Gasteiger partial charge in [-0.3, -0.25) is 15.0 Å². The van der Waals surface area contributed by atoms with Gasteiger partial charge in [0.25, 0.3) is 16.0 Å². The van der Waals surface area contributed by atoms with E-state index in [0.717, 1.165) is 4.90 Å². The van der Waals surface area contributed by atoms with Crippen LogP contribution in [0.3, 0.4) is 0 Å². The predicted octanol–water partition coefficient (Wildman–Crippen LogP) is 0.0457. The van der Waals surface area contributed by atoms with E-state index in [9.17, 15) is 22.8 Å². The van der Waals surface area contributed by atoms with Crippen LogP contribution in [0.25, 0.3) is 0 Å². The maximum Gasteiger partial charge on any atom is 0.412 e. The number of carbonyl (C=O) groups is 3. The first-order valence-electron chi connectivity index (χ1n) is 8.38. The molecule has 1 atom stereocenters. The first kappa shape index (κ1) is 20.0. The van der Waals surface area contributed by atoms with E-state index in [4.69, 9.17) is 19.4 Å². The number of fused-ring (bicyclic) bond motifs is 5. The number of hydrogen-bond donors (Lipinski definition) is 2. The molecule has 0 aromatic heterocycles. The van der Waals surface area contributed by atoms with E-state index in [0.29, 0.717) is 12.0 Å². The highest BCUT2D eigenvalue weighted by molar-refractivity contribution is 7.86. The summed E-state index contributed by atoms with van der Waals surface area (Å²) in [7, 11) is -4.23. The molecule has 4 amide bonds. The second-order valence-electron chi connectivity index (χ2n) is 6.34. The van der Waals surface area contributed by atoms with Crippen molar-refractivity contribution in [1.29, 1.82) is 0 Å². The van der Waals surface area contributed by atoms with Gasteiger partial charge >= 0.3 is 12.1 Å². The van der Waals surface area contributed by atoms with Crippen molar-refractivity contribution in [2.75, 3.05) is 19.8 Å². The molecule has 2 bridgehead atoms. The molecule has 152 valence electrons. The third-order valence-corrected chi connectivity index (χ3v) is 5.70. The number of amides is 4. The summed E-state index contributed by atoms with van der Waals surface area (Å²) in [5.41, 5.74) is 3.80. The molecule has 0 radical (unpaired) electrons. The van der Waals surface area contributed by atoms with Crippen molar-refractivity contribution >= 4 is 28.1 Å². The molecule has 3 N–H and O–H groups in total. The molecule has 0 spiro atoms. The van der Waals surface area contributed by atoms with Crippen LogP contribution in [0.15, 0.2) is 29.2 Å². The van der Waals surface area contributed by atoms with E-state index < -0.39 is 47.1 Å². The topological polar surface area (TPSA) is 154 Å². The summed E-state index contributed by atoms with van der Waals surface area (Å²) < 4.78 is 41.4. The molecule has 1 fully saturated rings. The van der Waals surface area contributed by atoms with Crippen molar-refractivity contribution in [2.45, 2.75) is 30.1 Å². The zero-order valence-corrected chi connectivity index (χ0v) is 15.6. The van der Waals surface area contributed by atoms with Crippen LogP contribution in [-0.2, 0) is 35.2 Å². The summed E-state index contributed by atoms with van der Waals surface area (Å²) in [4.78, 5) is 35.8. The van der Waals surface area contributed by atoms with E-state index in [-0.39, 0.29) is 24.5 Å². The fourth-order valence-electron chi connectivity index (χ4n) is 3.07. The van der Waals surface area contributed by atoms with E-state index in [1.165, 1.54) is 24.3 Å². The summed E-state index contributed by atoms with van der Waals surface area (Å²) in [5.74, 6) is -0.814. The van der Waals surface area contributed by atoms with E-state index in [2.05, 4.69) is 0 Å². The SMILES string of the molecule is NC(=O)NC(=O)COC[C@@]12CCCN1C(=O)OCc1ccc(cc1)S(=O)(=O)O2. The summed E-state index contributed by atoms with van der Waals surface area (Å²) in [6.07, 6.45) is -0.169. The van der Waals surface area contributed by atoms with Gasteiger partial charge in [0.2, 0.25) is 0 Å². The van der Waals surface area contributed by atoms with Crippen molar-refractivity contribution in [3.8, 4) is 0 Å². The van der Waals surface area contributed by atoms with E-state index >= 15 is 0 Å². The molecule has 11 nitrogen and oxygen atoms in total. The molecule has 1 saturated heterocycles. The van der Waals surface area contributed by atoms with Gasteiger partial charge in [-0.05, 0) is 24.1 Å². The van der Waals surface area contributed by atoms with Crippen molar-refractivity contribution in [1.82, 2.24) is 10.2 Å². The van der Waals surface area contributed by atoms with Gasteiger partial charge in [0.05, 0.1) is 11.5 Å². The number of nitrogens with one attached hydrogen (secondary N) is 1. The fraction of sp³-hybridized carbons (Fsp3) is 0.438. The zero-order valence-electron chi connectivity index (χ0n) is 14.8. The van der Waals surface area contributed by atoms with Gasteiger partial charge in [-0.25, -0.2) is 13.8 Å². The second-order valence-corrected chi connectivity index (χ2v) is 7.89. The van der Waals surface area contributed by atoms with Crippen LogP contribution >= 0.6 is 0 Å². The smallest absolute Gasteiger partial charge is 0.412 e. The highest BCUT2D eigenvalue weighted by Gasteiger charge is 2.50. The Balaban J connectivity index is 1.86. The van der Waals surface area contributed by atoms with Gasteiger partial charge in [-0.1, -0.05) is 12.1 Å². The van der Waals surface area contributed by atoms with Crippen LogP contribution in [0.5, 0.6) is 0 Å². The number of benzene rings is 1. The molecule has 1 aromatic rings. The Morgan fingerprint density at radius 1 is 1.29 bits per heavy atom. The van der Waals surface area contributed by atoms with Crippen LogP contribution in [0.1, 0.15) is 18.4 Å². The molecule has 3 heterocycles. The molecule has 0 unspecified atom stereocenters. The summed E-state index contributed by atoms with van der Waals surface area (Å²) in [6, 6.07) is 4.72. The number of carbonyl (C=O) groups excluding carboxylic acids is 3. The number of rotatable bonds is 4. The lowest BCUT2D eigenvalue weighted by Gasteiger charge is -2.36. The maximum absolute atomic E-state index is 12.7. The molecule has 0 saturated carbocycles. The second kappa shape index (κ2) is 7.73. The number of nitrogens with zero attached hydrogens (tertiary/aromatic N) is 1. The molecule has 1 aromatic carbocycles. The van der Waals surface area contributed by atoms with Gasteiger partial charge in [0.15, 0.2) is 5.72 Å². The fourth-order valence-corrected chi connectivity index (χ4v) is 4.27. The minimum Gasteiger partial charge on any atom is -0.444 e. The number of ether oxygens (including phenoxy) is 2. The zero-order chi connectivity index (χ0) is 20.4. The normalized spacial score (nSPS) is 23.4. The summed E-state index contributed by atoms with van der Waals surface area (Å²) in [5, 5.41) is 1.82. The maximum atomic E-state index is 12.7. The minimum atomic E-state index is -4.23. The molecule has 28 heavy (non-hydrogen) atoms. The minimum absolute atomic E-state index is 0.0341. The molecular formula is C16H19N3O8S. The summed E-state index contributed by atoms with van der Waals surface area (Å²) >= 11 is 0. The molecular weight excluding hydrogens is 394 g/mol. The third kappa shape index (κ3) is 4.24. The Hall–Kier alpha value is -2.70. The quantitative estimate of drug-likeness (QED) is 0.656. The number of nitrogens with two attached hydrogens (primary N) is 1. The average Bonchev–Trinajstić information content (AvgIpc) is 3.01. The first-order valence-corrected chi connectivity index (χ1v) is 9.79. The van der Waals surface area contributed by atoms with Crippen LogP contribution in [0.4, 0.5) is 9.59 Å². The van der Waals surface area contributed by atoms with Gasteiger partial charge in [-0.2, -0.15) is 8.42 Å². The number of urea groups is 1. The van der Waals surface area contributed by atoms with E-state index in [1.807, 2.05) is 5.32 Å². The third-order valence-electron chi connectivity index (χ3n) is 4.32. The standard InChI is InChI=1S/C16H19N3O8S/c17-14(21)18-13(20)9-25-10-16-6-1-7-19(16)15(22)26-8-11-2-4-12(5-3-11)28(23,24)27-16/h2-5H,1,6-10H2,(H3,17,18,20,21)/t16-/m0/s1. The van der Waals surface area contributed by atoms with E-state index in [1.54, 1.807) is 0 Å². The van der Waals surface area contributed by atoms with Crippen molar-refractivity contribution < 1.29 is 36.5 Å². The number of primary amides is 1. The Bertz CT molecular complexity index is 886. The largest absolute Gasteiger partial charge is 0.444 e. The number of hydrogen-bond acceptors (Lipinski definition) is 8. The lowest BCUT2D eigenvalue weighted by Crippen LogP contribution is -2.54. The highest BCUT2D eigenvalue weighted by atomic mass is 32.2. The van der Waals surface area contributed by atoms with Crippen LogP contribution in [0, 0.1) is 0 Å².